The molecule has 4 aromatic heterocycles. The largest absolute Gasteiger partial charge is 0.472 e. The standard InChI is InChI=1S/C20H23FN10O11P2/c21-9-13-8(40-19(9)30-5-28-10-15(22)24-3-26-17(10)30)2-38-44(35,36)42-14-12(32)7(1-37-43(33,34)41-13)39-20(14)31-6-29-11-16(23)25-4-27-18(11)31/h3-9,12-14,19-20,32H,1-2H2,(H,33,34)(H,35,36)(H2,22,24,26)(H2,23,25,27)/t7-,8-,9+,12?,13+,14+,19?,20-/m1/s1. The van der Waals surface area contributed by atoms with Gasteiger partial charge in [0, 0.05) is 0 Å². The Morgan fingerprint density at radius 2 is 1.27 bits per heavy atom. The van der Waals surface area contributed by atoms with Gasteiger partial charge in [-0.25, -0.2) is 43.4 Å². The number of imidazole rings is 2. The van der Waals surface area contributed by atoms with Gasteiger partial charge < -0.3 is 35.8 Å². The highest BCUT2D eigenvalue weighted by atomic mass is 31.2. The van der Waals surface area contributed by atoms with Crippen molar-refractivity contribution in [2.75, 3.05) is 24.7 Å². The number of hydrogen-bond donors (Lipinski definition) is 5. The van der Waals surface area contributed by atoms with Gasteiger partial charge in [-0.1, -0.05) is 0 Å². The van der Waals surface area contributed by atoms with Crippen molar-refractivity contribution in [2.24, 2.45) is 0 Å². The molecule has 2 bridgehead atoms. The van der Waals surface area contributed by atoms with Crippen molar-refractivity contribution in [3.63, 3.8) is 0 Å². The molecule has 236 valence electrons. The predicted octanol–water partition coefficient (Wildman–Crippen LogP) is -0.658. The highest BCUT2D eigenvalue weighted by molar-refractivity contribution is 7.47. The minimum Gasteiger partial charge on any atom is -0.387 e. The maximum atomic E-state index is 15.9. The summed E-state index contributed by atoms with van der Waals surface area (Å²) in [6.45, 7) is -1.68. The van der Waals surface area contributed by atoms with E-state index >= 15 is 4.39 Å². The second kappa shape index (κ2) is 10.7. The van der Waals surface area contributed by atoms with Crippen LogP contribution in [0.3, 0.4) is 0 Å². The molecule has 4 aromatic rings. The van der Waals surface area contributed by atoms with Crippen LogP contribution in [0, 0.1) is 0 Å². The number of aromatic nitrogens is 8. The summed E-state index contributed by atoms with van der Waals surface area (Å²) in [5.41, 5.74) is 12.1. The molecule has 0 spiro atoms. The van der Waals surface area contributed by atoms with Crippen LogP contribution in [-0.2, 0) is 36.7 Å². The minimum atomic E-state index is -5.10. The summed E-state index contributed by atoms with van der Waals surface area (Å²) >= 11 is 0. The van der Waals surface area contributed by atoms with E-state index in [4.69, 9.17) is 39.0 Å². The molecule has 0 aromatic carbocycles. The molecule has 7 N–H and O–H groups in total. The van der Waals surface area contributed by atoms with Crippen LogP contribution in [-0.4, -0.2) is 104 Å². The van der Waals surface area contributed by atoms with Crippen molar-refractivity contribution in [1.29, 1.82) is 0 Å². The summed E-state index contributed by atoms with van der Waals surface area (Å²) in [6.07, 6.45) is -8.72. The van der Waals surface area contributed by atoms with Gasteiger partial charge in [-0.15, -0.1) is 0 Å². The number of hydrogen-bond acceptors (Lipinski definition) is 17. The second-order valence-electron chi connectivity index (χ2n) is 9.90. The molecule has 10 atom stereocenters. The van der Waals surface area contributed by atoms with E-state index < -0.39 is 78.0 Å². The van der Waals surface area contributed by atoms with Gasteiger partial charge in [0.1, 0.15) is 54.2 Å². The van der Waals surface area contributed by atoms with E-state index in [0.29, 0.717) is 0 Å². The van der Waals surface area contributed by atoms with Crippen LogP contribution in [0.4, 0.5) is 16.0 Å². The molecule has 0 radical (unpaired) electrons. The van der Waals surface area contributed by atoms with E-state index in [1.807, 2.05) is 0 Å². The number of alkyl halides is 1. The fourth-order valence-electron chi connectivity index (χ4n) is 5.19. The number of nitrogen functional groups attached to an aromatic ring is 2. The number of fused-ring (bicyclic) bond motifs is 5. The third kappa shape index (κ3) is 5.03. The molecule has 3 aliphatic rings. The number of phosphoric ester groups is 2. The van der Waals surface area contributed by atoms with Crippen molar-refractivity contribution in [3.8, 4) is 0 Å². The van der Waals surface area contributed by atoms with Gasteiger partial charge in [-0.3, -0.25) is 27.2 Å². The van der Waals surface area contributed by atoms with E-state index in [1.165, 1.54) is 10.9 Å². The van der Waals surface area contributed by atoms with Crippen LogP contribution in [0.25, 0.3) is 22.3 Å². The monoisotopic (exact) mass is 660 g/mol. The fraction of sp³-hybridized carbons (Fsp3) is 0.500. The van der Waals surface area contributed by atoms with Crippen LogP contribution in [0.2, 0.25) is 0 Å². The quantitative estimate of drug-likeness (QED) is 0.167. The topological polar surface area (TPSA) is 289 Å². The van der Waals surface area contributed by atoms with Gasteiger partial charge in [0.2, 0.25) is 0 Å². The summed E-state index contributed by atoms with van der Waals surface area (Å²) in [7, 11) is -10.2. The van der Waals surface area contributed by atoms with E-state index in [1.54, 1.807) is 0 Å². The smallest absolute Gasteiger partial charge is 0.387 e. The normalized spacial score (nSPS) is 38.3. The molecule has 0 amide bonds. The lowest BCUT2D eigenvalue weighted by molar-refractivity contribution is -0.0671. The summed E-state index contributed by atoms with van der Waals surface area (Å²) < 4.78 is 76.6. The lowest BCUT2D eigenvalue weighted by Crippen LogP contribution is -2.35. The SMILES string of the molecule is Nc1ncnc2c1ncn2C1O[C@@H]2COP(=O)(O)O[C@H]3C(O)[C@@H](COP(=O)(O)O[C@@H]2[C@@H]1F)O[C@H]3n1cnc2c(N)ncnc21. The summed E-state index contributed by atoms with van der Waals surface area (Å²) in [6, 6.07) is 0. The Hall–Kier alpha value is -3.27. The lowest BCUT2D eigenvalue weighted by Gasteiger charge is -2.25. The molecular formula is C20H23FN10O11P2. The zero-order valence-corrected chi connectivity index (χ0v) is 23.7. The number of ether oxygens (including phenoxy) is 2. The number of halogens is 1. The number of aliphatic hydroxyl groups is 1. The number of rotatable bonds is 2. The number of aliphatic hydroxyl groups excluding tert-OH is 1. The molecule has 24 heteroatoms. The third-order valence-electron chi connectivity index (χ3n) is 7.22. The Balaban J connectivity index is 1.20. The Bertz CT molecular complexity index is 1830. The van der Waals surface area contributed by atoms with Crippen LogP contribution in [0.5, 0.6) is 0 Å². The molecule has 4 unspecified atom stereocenters. The molecule has 3 aliphatic heterocycles. The first kappa shape index (κ1) is 29.4. The second-order valence-corrected chi connectivity index (χ2v) is 12.7. The van der Waals surface area contributed by atoms with Gasteiger partial charge in [0.15, 0.2) is 41.6 Å². The first-order chi connectivity index (χ1) is 20.9. The zero-order chi connectivity index (χ0) is 31.0. The van der Waals surface area contributed by atoms with Crippen molar-refractivity contribution in [1.82, 2.24) is 39.0 Å². The maximum Gasteiger partial charge on any atom is 0.472 e. The minimum absolute atomic E-state index is 0.00729. The Labute approximate surface area is 244 Å². The molecule has 7 rings (SSSR count). The van der Waals surface area contributed by atoms with E-state index in [9.17, 15) is 24.0 Å². The summed E-state index contributed by atoms with van der Waals surface area (Å²) in [4.78, 5) is 45.1. The van der Waals surface area contributed by atoms with Crippen LogP contribution >= 0.6 is 15.6 Å². The molecule has 0 saturated carbocycles. The molecule has 3 fully saturated rings. The van der Waals surface area contributed by atoms with Crippen molar-refractivity contribution in [3.05, 3.63) is 25.3 Å². The Morgan fingerprint density at radius 3 is 1.86 bits per heavy atom. The van der Waals surface area contributed by atoms with Crippen molar-refractivity contribution < 1.29 is 56.0 Å². The molecule has 3 saturated heterocycles. The van der Waals surface area contributed by atoms with Gasteiger partial charge >= 0.3 is 15.6 Å². The number of nitrogens with zero attached hydrogens (tertiary/aromatic N) is 8. The highest BCUT2D eigenvalue weighted by Gasteiger charge is 2.54. The van der Waals surface area contributed by atoms with Crippen LogP contribution in [0.15, 0.2) is 25.3 Å². The first-order valence-corrected chi connectivity index (χ1v) is 15.7. The molecule has 0 aliphatic carbocycles. The molecular weight excluding hydrogens is 637 g/mol. The third-order valence-corrected chi connectivity index (χ3v) is 9.19. The maximum absolute atomic E-state index is 15.9. The molecule has 7 heterocycles. The highest BCUT2D eigenvalue weighted by Crippen LogP contribution is 2.54. The number of anilines is 2. The van der Waals surface area contributed by atoms with E-state index in [0.717, 1.165) is 23.5 Å². The van der Waals surface area contributed by atoms with Gasteiger partial charge in [0.05, 0.1) is 25.9 Å². The van der Waals surface area contributed by atoms with Gasteiger partial charge in [0.25, 0.3) is 0 Å². The van der Waals surface area contributed by atoms with Crippen molar-refractivity contribution in [2.45, 2.75) is 49.1 Å². The Kier molecular flexibility index (Phi) is 7.14. The van der Waals surface area contributed by atoms with Gasteiger partial charge in [-0.2, -0.15) is 0 Å². The molecule has 21 nitrogen and oxygen atoms in total. The zero-order valence-electron chi connectivity index (χ0n) is 22.0. The summed E-state index contributed by atoms with van der Waals surface area (Å²) in [5, 5.41) is 11.0. The summed E-state index contributed by atoms with van der Waals surface area (Å²) in [5.74, 6) is 0.0318. The predicted molar refractivity (Wildman–Crippen MR) is 139 cm³/mol. The average molecular weight is 660 g/mol. The van der Waals surface area contributed by atoms with E-state index in [2.05, 4.69) is 29.9 Å². The number of nitrogens with two attached hydrogens (primary N) is 2. The van der Waals surface area contributed by atoms with Crippen LogP contribution < -0.4 is 11.5 Å². The van der Waals surface area contributed by atoms with Gasteiger partial charge in [-0.05, 0) is 0 Å². The molecule has 44 heavy (non-hydrogen) atoms. The van der Waals surface area contributed by atoms with E-state index in [-0.39, 0.29) is 34.0 Å². The first-order valence-electron chi connectivity index (χ1n) is 12.7. The van der Waals surface area contributed by atoms with Crippen LogP contribution in [0.1, 0.15) is 12.5 Å². The lowest BCUT2D eigenvalue weighted by atomic mass is 10.1. The van der Waals surface area contributed by atoms with Crippen molar-refractivity contribution >= 4 is 49.6 Å². The fourth-order valence-corrected chi connectivity index (χ4v) is 7.08. The Morgan fingerprint density at radius 1 is 0.773 bits per heavy atom. The average Bonchev–Trinajstić information content (AvgIpc) is 3.73. The number of phosphoric acid groups is 2.